The molecule has 2 aromatic heterocycles. The van der Waals surface area contributed by atoms with Crippen molar-refractivity contribution in [2.45, 2.75) is 6.54 Å². The molecule has 0 unspecified atom stereocenters. The number of nitrogens with zero attached hydrogens (tertiary/aromatic N) is 1. The van der Waals surface area contributed by atoms with Crippen LogP contribution >= 0.6 is 27.3 Å². The van der Waals surface area contributed by atoms with Gasteiger partial charge in [0, 0.05) is 21.1 Å². The molecule has 0 fully saturated rings. The summed E-state index contributed by atoms with van der Waals surface area (Å²) in [6.07, 6.45) is 2.15. The summed E-state index contributed by atoms with van der Waals surface area (Å²) in [5.74, 6) is 0. The smallest absolute Gasteiger partial charge is 0.0580 e. The summed E-state index contributed by atoms with van der Waals surface area (Å²) < 4.78 is 3.49. The SMILES string of the molecule is Brc1ccsc1Cn1ccc2ccccc21. The van der Waals surface area contributed by atoms with E-state index in [-0.39, 0.29) is 0 Å². The van der Waals surface area contributed by atoms with Crippen LogP contribution in [-0.4, -0.2) is 4.57 Å². The predicted octanol–water partition coefficient (Wildman–Crippen LogP) is 4.51. The van der Waals surface area contributed by atoms with Crippen LogP contribution in [0.1, 0.15) is 4.88 Å². The van der Waals surface area contributed by atoms with E-state index in [1.165, 1.54) is 20.3 Å². The van der Waals surface area contributed by atoms with Crippen molar-refractivity contribution in [3.63, 3.8) is 0 Å². The molecule has 0 bridgehead atoms. The van der Waals surface area contributed by atoms with Crippen LogP contribution in [0.2, 0.25) is 0 Å². The van der Waals surface area contributed by atoms with Crippen molar-refractivity contribution in [3.05, 3.63) is 57.3 Å². The highest BCUT2D eigenvalue weighted by atomic mass is 79.9. The number of hydrogen-bond acceptors (Lipinski definition) is 1. The highest BCUT2D eigenvalue weighted by Crippen LogP contribution is 2.25. The van der Waals surface area contributed by atoms with Crippen molar-refractivity contribution in [3.8, 4) is 0 Å². The van der Waals surface area contributed by atoms with Gasteiger partial charge >= 0.3 is 0 Å². The van der Waals surface area contributed by atoms with Crippen LogP contribution in [0.4, 0.5) is 0 Å². The van der Waals surface area contributed by atoms with Crippen LogP contribution in [0.15, 0.2) is 52.4 Å². The molecule has 0 N–H and O–H groups in total. The van der Waals surface area contributed by atoms with Crippen molar-refractivity contribution in [2.75, 3.05) is 0 Å². The van der Waals surface area contributed by atoms with Crippen LogP contribution in [0.25, 0.3) is 10.9 Å². The number of rotatable bonds is 2. The maximum Gasteiger partial charge on any atom is 0.0580 e. The zero-order chi connectivity index (χ0) is 11.0. The average molecular weight is 292 g/mol. The molecule has 80 valence electrons. The third kappa shape index (κ3) is 1.70. The summed E-state index contributed by atoms with van der Waals surface area (Å²) in [6, 6.07) is 12.7. The summed E-state index contributed by atoms with van der Waals surface area (Å²) in [5.41, 5.74) is 1.29. The van der Waals surface area contributed by atoms with Crippen molar-refractivity contribution in [1.82, 2.24) is 4.57 Å². The molecule has 0 atom stereocenters. The van der Waals surface area contributed by atoms with E-state index in [1.54, 1.807) is 11.3 Å². The average Bonchev–Trinajstić information content (AvgIpc) is 2.88. The van der Waals surface area contributed by atoms with Crippen molar-refractivity contribution in [2.24, 2.45) is 0 Å². The van der Waals surface area contributed by atoms with Gasteiger partial charge in [0.05, 0.1) is 6.54 Å². The van der Waals surface area contributed by atoms with Gasteiger partial charge in [0.15, 0.2) is 0 Å². The highest BCUT2D eigenvalue weighted by molar-refractivity contribution is 9.10. The minimum Gasteiger partial charge on any atom is -0.342 e. The first-order valence-electron chi connectivity index (χ1n) is 5.10. The number of thiophene rings is 1. The van der Waals surface area contributed by atoms with Gasteiger partial charge in [0.25, 0.3) is 0 Å². The molecule has 3 heteroatoms. The lowest BCUT2D eigenvalue weighted by atomic mass is 10.2. The van der Waals surface area contributed by atoms with E-state index in [1.807, 2.05) is 0 Å². The summed E-state index contributed by atoms with van der Waals surface area (Å²) >= 11 is 5.36. The van der Waals surface area contributed by atoms with E-state index in [4.69, 9.17) is 0 Å². The zero-order valence-electron chi connectivity index (χ0n) is 8.56. The van der Waals surface area contributed by atoms with E-state index in [0.29, 0.717) is 0 Å². The monoisotopic (exact) mass is 291 g/mol. The van der Waals surface area contributed by atoms with Gasteiger partial charge < -0.3 is 4.57 Å². The molecule has 16 heavy (non-hydrogen) atoms. The second-order valence-electron chi connectivity index (χ2n) is 3.69. The molecule has 0 amide bonds. The number of aromatic nitrogens is 1. The van der Waals surface area contributed by atoms with Crippen molar-refractivity contribution >= 4 is 38.2 Å². The fourth-order valence-corrected chi connectivity index (χ4v) is 3.35. The number of para-hydroxylation sites is 1. The van der Waals surface area contributed by atoms with E-state index >= 15 is 0 Å². The Bertz CT molecular complexity index is 623. The fraction of sp³-hybridized carbons (Fsp3) is 0.0769. The molecule has 1 nitrogen and oxygen atoms in total. The maximum absolute atomic E-state index is 3.57. The second kappa shape index (κ2) is 4.07. The van der Waals surface area contributed by atoms with Gasteiger partial charge in [-0.1, -0.05) is 18.2 Å². The normalized spacial score (nSPS) is 11.1. The lowest BCUT2D eigenvalue weighted by Gasteiger charge is -2.03. The molecular formula is C13H10BrNS. The third-order valence-corrected chi connectivity index (χ3v) is 4.60. The highest BCUT2D eigenvalue weighted by Gasteiger charge is 2.04. The summed E-state index contributed by atoms with van der Waals surface area (Å²) in [6.45, 7) is 0.936. The first-order valence-corrected chi connectivity index (χ1v) is 6.77. The molecule has 0 aliphatic rings. The number of benzene rings is 1. The van der Waals surface area contributed by atoms with Gasteiger partial charge in [-0.05, 0) is 44.9 Å². The van der Waals surface area contributed by atoms with Gasteiger partial charge in [-0.3, -0.25) is 0 Å². The Balaban J connectivity index is 2.04. The standard InChI is InChI=1S/C13H10BrNS/c14-11-6-8-16-13(11)9-15-7-5-10-3-1-2-4-12(10)15/h1-8H,9H2. The van der Waals surface area contributed by atoms with Gasteiger partial charge in [-0.25, -0.2) is 0 Å². The second-order valence-corrected chi connectivity index (χ2v) is 5.55. The van der Waals surface area contributed by atoms with Crippen LogP contribution in [-0.2, 0) is 6.54 Å². The molecule has 0 aliphatic carbocycles. The Labute approximate surface area is 106 Å². The minimum absolute atomic E-state index is 0.936. The lowest BCUT2D eigenvalue weighted by Crippen LogP contribution is -1.95. The topological polar surface area (TPSA) is 4.93 Å². The molecule has 2 heterocycles. The predicted molar refractivity (Wildman–Crippen MR) is 73.1 cm³/mol. The van der Waals surface area contributed by atoms with E-state index in [9.17, 15) is 0 Å². The Hall–Kier alpha value is -1.06. The molecule has 0 aliphatic heterocycles. The minimum atomic E-state index is 0.936. The third-order valence-electron chi connectivity index (χ3n) is 2.69. The molecule has 3 rings (SSSR count). The molecule has 0 radical (unpaired) electrons. The Morgan fingerprint density at radius 2 is 2.00 bits per heavy atom. The van der Waals surface area contributed by atoms with E-state index in [2.05, 4.69) is 68.5 Å². The van der Waals surface area contributed by atoms with Gasteiger partial charge in [0.1, 0.15) is 0 Å². The van der Waals surface area contributed by atoms with Crippen LogP contribution in [0.5, 0.6) is 0 Å². The lowest BCUT2D eigenvalue weighted by molar-refractivity contribution is 0.848. The Kier molecular flexibility index (Phi) is 2.58. The van der Waals surface area contributed by atoms with Crippen molar-refractivity contribution < 1.29 is 0 Å². The van der Waals surface area contributed by atoms with E-state index in [0.717, 1.165) is 6.54 Å². The summed E-state index contributed by atoms with van der Waals surface area (Å²) in [4.78, 5) is 1.36. The van der Waals surface area contributed by atoms with E-state index < -0.39 is 0 Å². The maximum atomic E-state index is 3.57. The zero-order valence-corrected chi connectivity index (χ0v) is 11.0. The largest absolute Gasteiger partial charge is 0.342 e. The van der Waals surface area contributed by atoms with Crippen LogP contribution < -0.4 is 0 Å². The van der Waals surface area contributed by atoms with Gasteiger partial charge in [-0.15, -0.1) is 11.3 Å². The fourth-order valence-electron chi connectivity index (χ4n) is 1.87. The van der Waals surface area contributed by atoms with Gasteiger partial charge in [0.2, 0.25) is 0 Å². The molecule has 0 spiro atoms. The molecule has 1 aromatic carbocycles. The summed E-state index contributed by atoms with van der Waals surface area (Å²) in [5, 5.41) is 3.42. The first kappa shape index (κ1) is 10.1. The Morgan fingerprint density at radius 1 is 1.12 bits per heavy atom. The Morgan fingerprint density at radius 3 is 2.81 bits per heavy atom. The number of fused-ring (bicyclic) bond motifs is 1. The van der Waals surface area contributed by atoms with Gasteiger partial charge in [-0.2, -0.15) is 0 Å². The van der Waals surface area contributed by atoms with Crippen LogP contribution in [0, 0.1) is 0 Å². The molecular weight excluding hydrogens is 282 g/mol. The van der Waals surface area contributed by atoms with Crippen LogP contribution in [0.3, 0.4) is 0 Å². The first-order chi connectivity index (χ1) is 7.84. The molecule has 0 saturated carbocycles. The quantitative estimate of drug-likeness (QED) is 0.654. The number of hydrogen-bond donors (Lipinski definition) is 0. The summed E-state index contributed by atoms with van der Waals surface area (Å²) in [7, 11) is 0. The molecule has 0 saturated heterocycles. The van der Waals surface area contributed by atoms with Crippen molar-refractivity contribution in [1.29, 1.82) is 0 Å². The number of halogens is 1. The molecule has 3 aromatic rings.